The molecule has 12 rings (SSSR count). The van der Waals surface area contributed by atoms with Gasteiger partial charge in [0.1, 0.15) is 0 Å². The van der Waals surface area contributed by atoms with Crippen LogP contribution in [0.5, 0.6) is 0 Å². The van der Waals surface area contributed by atoms with Crippen molar-refractivity contribution in [2.75, 3.05) is 0 Å². The van der Waals surface area contributed by atoms with Crippen LogP contribution in [0, 0.1) is 0 Å². The Labute approximate surface area is 336 Å². The molecule has 0 atom stereocenters. The Kier molecular flexibility index (Phi) is 7.26. The topological polar surface area (TPSA) is 9.86 Å². The van der Waals surface area contributed by atoms with Gasteiger partial charge in [-0.1, -0.05) is 164 Å². The molecule has 2 heteroatoms. The Hall–Kier alpha value is -7.68. The van der Waals surface area contributed by atoms with Crippen LogP contribution in [0.3, 0.4) is 0 Å². The molecule has 0 fully saturated rings. The summed E-state index contributed by atoms with van der Waals surface area (Å²) in [7, 11) is 0. The summed E-state index contributed by atoms with van der Waals surface area (Å²) in [6.45, 7) is 0. The minimum absolute atomic E-state index is 1.15. The van der Waals surface area contributed by atoms with E-state index in [2.05, 4.69) is 228 Å². The summed E-state index contributed by atoms with van der Waals surface area (Å²) in [6.07, 6.45) is 0. The van der Waals surface area contributed by atoms with Crippen molar-refractivity contribution in [3.05, 3.63) is 218 Å². The fourth-order valence-electron chi connectivity index (χ4n) is 9.35. The maximum absolute atomic E-state index is 2.46. The highest BCUT2D eigenvalue weighted by Crippen LogP contribution is 2.41. The molecule has 0 N–H and O–H groups in total. The van der Waals surface area contributed by atoms with E-state index in [1.165, 1.54) is 104 Å². The van der Waals surface area contributed by atoms with Gasteiger partial charge in [0.2, 0.25) is 0 Å². The van der Waals surface area contributed by atoms with E-state index >= 15 is 0 Å². The van der Waals surface area contributed by atoms with Crippen molar-refractivity contribution in [3.63, 3.8) is 0 Å². The van der Waals surface area contributed by atoms with Crippen LogP contribution in [-0.2, 0) is 0 Å². The third kappa shape index (κ3) is 5.05. The van der Waals surface area contributed by atoms with Gasteiger partial charge in [0.05, 0.1) is 27.8 Å². The fraction of sp³-hybridized carbons (Fsp3) is 0. The predicted molar refractivity (Wildman–Crippen MR) is 246 cm³/mol. The molecule has 0 bridgehead atoms. The van der Waals surface area contributed by atoms with Crippen molar-refractivity contribution in [2.24, 2.45) is 0 Å². The van der Waals surface area contributed by atoms with Crippen LogP contribution in [-0.4, -0.2) is 9.13 Å². The van der Waals surface area contributed by atoms with Crippen LogP contribution in [0.25, 0.3) is 110 Å². The van der Waals surface area contributed by atoms with Gasteiger partial charge in [-0.15, -0.1) is 0 Å². The summed E-state index contributed by atoms with van der Waals surface area (Å²) in [4.78, 5) is 0. The van der Waals surface area contributed by atoms with Crippen molar-refractivity contribution in [3.8, 4) is 44.8 Å². The van der Waals surface area contributed by atoms with Gasteiger partial charge in [-0.2, -0.15) is 0 Å². The zero-order valence-corrected chi connectivity index (χ0v) is 31.7. The van der Waals surface area contributed by atoms with Crippen molar-refractivity contribution in [1.82, 2.24) is 9.13 Å². The van der Waals surface area contributed by atoms with Crippen LogP contribution < -0.4 is 0 Å². The normalized spacial score (nSPS) is 11.8. The lowest BCUT2D eigenvalue weighted by Crippen LogP contribution is -1.96. The molecule has 0 saturated carbocycles. The Morgan fingerprint density at radius 2 is 0.638 bits per heavy atom. The van der Waals surface area contributed by atoms with Gasteiger partial charge in [0.15, 0.2) is 0 Å². The fourth-order valence-corrected chi connectivity index (χ4v) is 9.35. The van der Waals surface area contributed by atoms with E-state index in [0.29, 0.717) is 0 Å². The first-order chi connectivity index (χ1) is 28.8. The van der Waals surface area contributed by atoms with Crippen LogP contribution in [0.4, 0.5) is 0 Å². The van der Waals surface area contributed by atoms with Gasteiger partial charge in [0.25, 0.3) is 0 Å². The molecule has 0 radical (unpaired) electrons. The largest absolute Gasteiger partial charge is 0.309 e. The summed E-state index contributed by atoms with van der Waals surface area (Å²) < 4.78 is 4.87. The molecule has 2 heterocycles. The molecule has 12 aromatic rings. The molecule has 0 saturated heterocycles. The Balaban J connectivity index is 0.961. The van der Waals surface area contributed by atoms with Crippen LogP contribution in [0.1, 0.15) is 0 Å². The molecule has 58 heavy (non-hydrogen) atoms. The van der Waals surface area contributed by atoms with E-state index in [1.54, 1.807) is 0 Å². The number of para-hydroxylation sites is 2. The first-order valence-electron chi connectivity index (χ1n) is 20.0. The Bertz CT molecular complexity index is 3530. The zero-order chi connectivity index (χ0) is 38.2. The maximum atomic E-state index is 2.46. The number of rotatable bonds is 5. The molecule has 10 aromatic carbocycles. The number of hydrogen-bond donors (Lipinski definition) is 0. The molecule has 0 spiro atoms. The van der Waals surface area contributed by atoms with Crippen molar-refractivity contribution in [2.45, 2.75) is 0 Å². The smallest absolute Gasteiger partial charge is 0.0546 e. The minimum Gasteiger partial charge on any atom is -0.309 e. The highest BCUT2D eigenvalue weighted by Gasteiger charge is 2.18. The van der Waals surface area contributed by atoms with Crippen molar-refractivity contribution < 1.29 is 0 Å². The third-order valence-corrected chi connectivity index (χ3v) is 12.1. The molecular formula is C56H36N2. The first kappa shape index (κ1) is 32.6. The van der Waals surface area contributed by atoms with E-state index in [0.717, 1.165) is 5.69 Å². The average molecular weight is 737 g/mol. The molecular weight excluding hydrogens is 701 g/mol. The summed E-state index contributed by atoms with van der Waals surface area (Å²) in [5.74, 6) is 0. The molecule has 0 aliphatic carbocycles. The van der Waals surface area contributed by atoms with Gasteiger partial charge in [-0.3, -0.25) is 0 Å². The highest BCUT2D eigenvalue weighted by molar-refractivity contribution is 6.16. The first-order valence-corrected chi connectivity index (χ1v) is 20.0. The second-order valence-electron chi connectivity index (χ2n) is 15.3. The SMILES string of the molecule is c1ccc(-c2ccc(-c3ccc(-n4c5ccccc5c5cc(-c6ccc7c(c6)c6ccccc6n7-c6cc7ccccc7c7ccccc67)ccc54)cc3)cc2)cc1. The second-order valence-corrected chi connectivity index (χ2v) is 15.3. The molecule has 0 aliphatic heterocycles. The summed E-state index contributed by atoms with van der Waals surface area (Å²) in [5, 5.41) is 10.1. The van der Waals surface area contributed by atoms with E-state index in [-0.39, 0.29) is 0 Å². The van der Waals surface area contributed by atoms with Gasteiger partial charge >= 0.3 is 0 Å². The number of hydrogen-bond acceptors (Lipinski definition) is 0. The minimum atomic E-state index is 1.15. The lowest BCUT2D eigenvalue weighted by molar-refractivity contribution is 1.18. The number of nitrogens with zero attached hydrogens (tertiary/aromatic N) is 2. The Morgan fingerprint density at radius 1 is 0.224 bits per heavy atom. The van der Waals surface area contributed by atoms with Gasteiger partial charge in [0, 0.05) is 32.6 Å². The monoisotopic (exact) mass is 736 g/mol. The van der Waals surface area contributed by atoms with Crippen LogP contribution in [0.15, 0.2) is 218 Å². The Morgan fingerprint density at radius 3 is 1.26 bits per heavy atom. The number of fused-ring (bicyclic) bond motifs is 9. The van der Waals surface area contributed by atoms with Gasteiger partial charge in [-0.25, -0.2) is 0 Å². The van der Waals surface area contributed by atoms with Crippen LogP contribution in [0.2, 0.25) is 0 Å². The van der Waals surface area contributed by atoms with Crippen LogP contribution >= 0.6 is 0 Å². The van der Waals surface area contributed by atoms with Gasteiger partial charge < -0.3 is 9.13 Å². The van der Waals surface area contributed by atoms with Crippen molar-refractivity contribution >= 4 is 65.2 Å². The number of benzene rings is 10. The van der Waals surface area contributed by atoms with Crippen molar-refractivity contribution in [1.29, 1.82) is 0 Å². The molecule has 2 nitrogen and oxygen atoms in total. The number of aromatic nitrogens is 2. The van der Waals surface area contributed by atoms with E-state index in [9.17, 15) is 0 Å². The quantitative estimate of drug-likeness (QED) is 0.156. The maximum Gasteiger partial charge on any atom is 0.0546 e. The summed E-state index contributed by atoms with van der Waals surface area (Å²) in [5.41, 5.74) is 14.5. The summed E-state index contributed by atoms with van der Waals surface area (Å²) in [6, 6.07) is 79.9. The molecule has 0 unspecified atom stereocenters. The molecule has 2 aromatic heterocycles. The molecule has 270 valence electrons. The van der Waals surface area contributed by atoms with E-state index in [4.69, 9.17) is 0 Å². The second kappa shape index (κ2) is 12.9. The highest BCUT2D eigenvalue weighted by atomic mass is 15.0. The van der Waals surface area contributed by atoms with Gasteiger partial charge in [-0.05, 0) is 104 Å². The predicted octanol–water partition coefficient (Wildman–Crippen LogP) is 15.2. The third-order valence-electron chi connectivity index (χ3n) is 12.1. The zero-order valence-electron chi connectivity index (χ0n) is 31.7. The summed E-state index contributed by atoms with van der Waals surface area (Å²) >= 11 is 0. The lowest BCUT2D eigenvalue weighted by atomic mass is 9.99. The van der Waals surface area contributed by atoms with E-state index < -0.39 is 0 Å². The molecule has 0 amide bonds. The lowest BCUT2D eigenvalue weighted by Gasteiger charge is -2.14. The standard InChI is InChI=1S/C56H36N2/c1-2-12-37(13-3-1)38-22-24-39(25-23-38)40-26-30-44(31-27-40)57-52-20-10-8-18-48(52)50-34-41(28-32-54(50)57)42-29-33-55-51(35-42)49-19-9-11-21-53(49)58(55)56-36-43-14-4-5-15-45(43)46-16-6-7-17-47(46)56/h1-36H. The average Bonchev–Trinajstić information content (AvgIpc) is 3.81. The van der Waals surface area contributed by atoms with E-state index in [1.807, 2.05) is 0 Å². The molecule has 0 aliphatic rings.